The number of ether oxygens (including phenoxy) is 1. The zero-order valence-electron chi connectivity index (χ0n) is 18.2. The zero-order valence-corrected chi connectivity index (χ0v) is 19.0. The lowest BCUT2D eigenvalue weighted by Crippen LogP contribution is -2.38. The number of aromatic nitrogens is 1. The fourth-order valence-corrected chi connectivity index (χ4v) is 4.31. The van der Waals surface area contributed by atoms with E-state index in [0.717, 1.165) is 6.07 Å². The van der Waals surface area contributed by atoms with E-state index >= 15 is 0 Å². The number of rotatable bonds is 5. The highest BCUT2D eigenvalue weighted by Gasteiger charge is 2.38. The van der Waals surface area contributed by atoms with Gasteiger partial charge in [0.05, 0.1) is 17.3 Å². The van der Waals surface area contributed by atoms with Crippen LogP contribution in [0.2, 0.25) is 5.02 Å². The summed E-state index contributed by atoms with van der Waals surface area (Å²) in [6.45, 7) is 3.84. The number of fused-ring (bicyclic) bond motifs is 1. The van der Waals surface area contributed by atoms with Crippen molar-refractivity contribution in [1.82, 2.24) is 4.98 Å². The highest BCUT2D eigenvalue weighted by atomic mass is 35.5. The van der Waals surface area contributed by atoms with Gasteiger partial charge in [0.15, 0.2) is 0 Å². The quantitative estimate of drug-likeness (QED) is 0.543. The van der Waals surface area contributed by atoms with Crippen LogP contribution in [-0.2, 0) is 5.60 Å². The maximum Gasteiger partial charge on any atom is 0.149 e. The van der Waals surface area contributed by atoms with Crippen molar-refractivity contribution < 1.29 is 23.0 Å². The summed E-state index contributed by atoms with van der Waals surface area (Å²) in [6.07, 6.45) is 6.57. The minimum atomic E-state index is -1.78. The highest BCUT2D eigenvalue weighted by molar-refractivity contribution is 6.31. The summed E-state index contributed by atoms with van der Waals surface area (Å²) >= 11 is 5.92. The molecule has 8 heteroatoms. The molecule has 2 unspecified atom stereocenters. The molecule has 2 aromatic rings. The number of aliphatic hydroxyl groups is 1. The summed E-state index contributed by atoms with van der Waals surface area (Å²) in [7, 11) is 0. The van der Waals surface area contributed by atoms with Gasteiger partial charge in [-0.3, -0.25) is 0 Å². The van der Waals surface area contributed by atoms with Gasteiger partial charge in [0, 0.05) is 35.6 Å². The van der Waals surface area contributed by atoms with Gasteiger partial charge in [-0.25, -0.2) is 18.2 Å². The lowest BCUT2D eigenvalue weighted by atomic mass is 9.85. The fraction of sp³-hybridized carbons (Fsp3) is 0.320. The highest BCUT2D eigenvalue weighted by Crippen LogP contribution is 2.45. The Morgan fingerprint density at radius 2 is 2.00 bits per heavy atom. The van der Waals surface area contributed by atoms with Gasteiger partial charge >= 0.3 is 0 Å². The number of benzene rings is 1. The first-order valence-corrected chi connectivity index (χ1v) is 11.1. The van der Waals surface area contributed by atoms with Gasteiger partial charge in [-0.05, 0) is 30.2 Å². The Bertz CT molecular complexity index is 1190. The molecule has 3 N–H and O–H groups in total. The van der Waals surface area contributed by atoms with Gasteiger partial charge < -0.3 is 15.6 Å². The Balaban J connectivity index is 1.94. The summed E-state index contributed by atoms with van der Waals surface area (Å²) in [6, 6.07) is 3.50. The van der Waals surface area contributed by atoms with Crippen molar-refractivity contribution in [1.29, 1.82) is 0 Å². The maximum atomic E-state index is 14.8. The lowest BCUT2D eigenvalue weighted by Gasteiger charge is -2.29. The lowest BCUT2D eigenvalue weighted by molar-refractivity contribution is 0.0841. The summed E-state index contributed by atoms with van der Waals surface area (Å²) in [5.41, 5.74) is 5.52. The topological polar surface area (TPSA) is 68.4 Å². The molecule has 1 aromatic carbocycles. The van der Waals surface area contributed by atoms with E-state index in [1.807, 2.05) is 13.8 Å². The maximum absolute atomic E-state index is 14.8. The van der Waals surface area contributed by atoms with Gasteiger partial charge in [-0.2, -0.15) is 0 Å². The molecule has 1 aromatic heterocycles. The number of pyridine rings is 1. The van der Waals surface area contributed by atoms with Crippen LogP contribution in [-0.4, -0.2) is 23.2 Å². The van der Waals surface area contributed by atoms with Crippen molar-refractivity contribution >= 4 is 11.6 Å². The minimum absolute atomic E-state index is 0.0579. The van der Waals surface area contributed by atoms with E-state index in [1.54, 1.807) is 18.2 Å². The second-order valence-electron chi connectivity index (χ2n) is 8.34. The molecular formula is C25H24ClF3N2O2. The number of allylic oxidation sites excluding steroid dienone is 4. The number of halogens is 4. The van der Waals surface area contributed by atoms with Crippen LogP contribution in [0.15, 0.2) is 53.9 Å². The fourth-order valence-electron chi connectivity index (χ4n) is 4.15. The van der Waals surface area contributed by atoms with Crippen molar-refractivity contribution in [2.75, 3.05) is 13.2 Å². The van der Waals surface area contributed by atoms with E-state index in [2.05, 4.69) is 4.98 Å². The Kier molecular flexibility index (Phi) is 6.40. The molecule has 0 amide bonds. The first-order chi connectivity index (χ1) is 15.7. The zero-order chi connectivity index (χ0) is 23.9. The van der Waals surface area contributed by atoms with Crippen molar-refractivity contribution in [2.24, 2.45) is 11.7 Å². The average molecular weight is 477 g/mol. The number of hydrogen-bond acceptors (Lipinski definition) is 4. The van der Waals surface area contributed by atoms with Crippen molar-refractivity contribution in [3.8, 4) is 17.0 Å². The smallest absolute Gasteiger partial charge is 0.149 e. The van der Waals surface area contributed by atoms with E-state index in [-0.39, 0.29) is 40.3 Å². The average Bonchev–Trinajstić information content (AvgIpc) is 3.06. The molecule has 1 aliphatic carbocycles. The van der Waals surface area contributed by atoms with Crippen molar-refractivity contribution in [2.45, 2.75) is 31.8 Å². The van der Waals surface area contributed by atoms with Crippen LogP contribution in [0.4, 0.5) is 13.2 Å². The monoisotopic (exact) mass is 476 g/mol. The molecule has 174 valence electrons. The van der Waals surface area contributed by atoms with Crippen LogP contribution >= 0.6 is 11.6 Å². The second kappa shape index (κ2) is 8.97. The molecule has 0 fully saturated rings. The molecule has 3 atom stereocenters. The number of nitrogens with two attached hydrogens (primary N) is 1. The van der Waals surface area contributed by atoms with E-state index < -0.39 is 23.2 Å². The molecule has 0 radical (unpaired) electrons. The molecule has 2 aliphatic rings. The first kappa shape index (κ1) is 23.5. The standard InChI is InChI=1S/C25H24ClF3N2O2/c1-3-14-7-15(5-4-6-19(14)27)25(32,12-30)22-9-16-13(2)11-33-24(16)23(31-22)17-8-18(26)21(29)10-20(17)28/h4-10,13-14,32H,3,11-12,30H2,1-2H3/t13?,14?,25-/m1/s1. The van der Waals surface area contributed by atoms with Crippen molar-refractivity contribution in [3.05, 3.63) is 81.8 Å². The van der Waals surface area contributed by atoms with Crippen molar-refractivity contribution in [3.63, 3.8) is 0 Å². The van der Waals surface area contributed by atoms with Crippen LogP contribution in [0.5, 0.6) is 5.75 Å². The molecule has 4 rings (SSSR count). The third kappa shape index (κ3) is 4.09. The Labute approximate surface area is 195 Å². The van der Waals surface area contributed by atoms with Gasteiger partial charge in [0.1, 0.15) is 34.5 Å². The van der Waals surface area contributed by atoms with E-state index in [1.165, 1.54) is 12.2 Å². The predicted octanol–water partition coefficient (Wildman–Crippen LogP) is 5.70. The molecule has 1 aliphatic heterocycles. The molecular weight excluding hydrogens is 453 g/mol. The molecule has 0 bridgehead atoms. The largest absolute Gasteiger partial charge is 0.490 e. The third-order valence-corrected chi connectivity index (χ3v) is 6.47. The van der Waals surface area contributed by atoms with Gasteiger partial charge in [-0.1, -0.05) is 43.7 Å². The molecule has 0 saturated heterocycles. The van der Waals surface area contributed by atoms with Gasteiger partial charge in [0.2, 0.25) is 0 Å². The van der Waals surface area contributed by atoms with Gasteiger partial charge in [-0.15, -0.1) is 0 Å². The van der Waals surface area contributed by atoms with E-state index in [9.17, 15) is 18.3 Å². The Morgan fingerprint density at radius 3 is 2.70 bits per heavy atom. The Hall–Kier alpha value is -2.61. The number of nitrogens with zero attached hydrogens (tertiary/aromatic N) is 1. The van der Waals surface area contributed by atoms with E-state index in [0.29, 0.717) is 36.0 Å². The number of hydrogen-bond donors (Lipinski definition) is 2. The normalized spacial score (nSPS) is 21.6. The summed E-state index contributed by atoms with van der Waals surface area (Å²) in [5, 5.41) is 11.5. The molecule has 0 spiro atoms. The molecule has 33 heavy (non-hydrogen) atoms. The minimum Gasteiger partial charge on any atom is -0.490 e. The van der Waals surface area contributed by atoms with Crippen LogP contribution in [0.25, 0.3) is 11.3 Å². The first-order valence-electron chi connectivity index (χ1n) is 10.7. The summed E-state index contributed by atoms with van der Waals surface area (Å²) in [4.78, 5) is 4.54. The summed E-state index contributed by atoms with van der Waals surface area (Å²) < 4.78 is 48.7. The van der Waals surface area contributed by atoms with Crippen LogP contribution < -0.4 is 10.5 Å². The second-order valence-corrected chi connectivity index (χ2v) is 8.75. The Morgan fingerprint density at radius 1 is 1.24 bits per heavy atom. The SMILES string of the molecule is CCC1C=C([C@](O)(CN)c2cc3c(c(-c4cc(Cl)c(F)cc4F)n2)OCC3C)C=CC=C1F. The van der Waals surface area contributed by atoms with Crippen LogP contribution in [0, 0.1) is 17.6 Å². The van der Waals surface area contributed by atoms with Gasteiger partial charge in [0.25, 0.3) is 0 Å². The van der Waals surface area contributed by atoms with Crippen LogP contribution in [0.1, 0.15) is 37.4 Å². The summed E-state index contributed by atoms with van der Waals surface area (Å²) in [5.74, 6) is -2.34. The van der Waals surface area contributed by atoms with E-state index in [4.69, 9.17) is 22.1 Å². The van der Waals surface area contributed by atoms with Crippen LogP contribution in [0.3, 0.4) is 0 Å². The molecule has 2 heterocycles. The third-order valence-electron chi connectivity index (χ3n) is 6.18. The predicted molar refractivity (Wildman–Crippen MR) is 122 cm³/mol. The molecule has 0 saturated carbocycles. The molecule has 4 nitrogen and oxygen atoms in total.